The predicted octanol–water partition coefficient (Wildman–Crippen LogP) is 2.01. The Labute approximate surface area is 124 Å². The Morgan fingerprint density at radius 3 is 2.20 bits per heavy atom. The summed E-state index contributed by atoms with van der Waals surface area (Å²) in [6.45, 7) is 2.45. The number of hydrogen-bond donors (Lipinski definition) is 2. The number of methoxy groups -OCH3 is 1. The van der Waals surface area contributed by atoms with Crippen molar-refractivity contribution in [1.82, 2.24) is 10.6 Å². The van der Waals surface area contributed by atoms with E-state index in [9.17, 15) is 9.59 Å². The summed E-state index contributed by atoms with van der Waals surface area (Å²) >= 11 is 0. The summed E-state index contributed by atoms with van der Waals surface area (Å²) < 4.78 is 11.9. The lowest BCUT2D eigenvalue weighted by Crippen LogP contribution is -2.27. The van der Waals surface area contributed by atoms with Gasteiger partial charge in [0.05, 0.1) is 0 Å². The second-order valence-electron chi connectivity index (χ2n) is 4.81. The number of rotatable bonds is 13. The molecule has 5 heteroatoms. The van der Waals surface area contributed by atoms with E-state index in [2.05, 4.69) is 10.6 Å². The lowest BCUT2D eigenvalue weighted by atomic mass is 10.2. The molecule has 0 aliphatic rings. The van der Waals surface area contributed by atoms with Crippen molar-refractivity contribution in [3.63, 3.8) is 0 Å². The largest absolute Gasteiger partial charge is 0.385 e. The van der Waals surface area contributed by atoms with Crippen molar-refractivity contribution < 1.29 is 15.7 Å². The molecule has 0 saturated carbocycles. The van der Waals surface area contributed by atoms with Gasteiger partial charge in [-0.15, -0.1) is 0 Å². The van der Waals surface area contributed by atoms with E-state index in [0.717, 1.165) is 32.1 Å². The van der Waals surface area contributed by atoms with Crippen LogP contribution >= 0.6 is 0 Å². The van der Waals surface area contributed by atoms with Crippen LogP contribution in [0.3, 0.4) is 0 Å². The Bertz CT molecular complexity index is 276. The average molecular weight is 287 g/mol. The molecule has 2 N–H and O–H groups in total. The molecule has 0 unspecified atom stereocenters. The van der Waals surface area contributed by atoms with Gasteiger partial charge < -0.3 is 15.4 Å². The highest BCUT2D eigenvalue weighted by molar-refractivity contribution is 5.78. The summed E-state index contributed by atoms with van der Waals surface area (Å²) in [5.41, 5.74) is 0. The van der Waals surface area contributed by atoms with E-state index in [-0.39, 0.29) is 11.8 Å². The fourth-order valence-electron chi connectivity index (χ4n) is 1.74. The summed E-state index contributed by atoms with van der Waals surface area (Å²) in [6.07, 6.45) is 6.21. The molecule has 0 aromatic heterocycles. The van der Waals surface area contributed by atoms with Crippen molar-refractivity contribution in [1.29, 1.82) is 0 Å². The second-order valence-corrected chi connectivity index (χ2v) is 4.81. The van der Waals surface area contributed by atoms with Gasteiger partial charge in [-0.25, -0.2) is 0 Å². The fourth-order valence-corrected chi connectivity index (χ4v) is 1.74. The summed E-state index contributed by atoms with van der Waals surface area (Å²) in [7, 11) is 1.63. The van der Waals surface area contributed by atoms with Gasteiger partial charge in [-0.3, -0.25) is 9.59 Å². The number of nitrogens with one attached hydrogen (secondary N) is 2. The number of hydrogen-bond acceptors (Lipinski definition) is 3. The first kappa shape index (κ1) is 17.0. The molecule has 0 fully saturated rings. The van der Waals surface area contributed by atoms with Crippen molar-refractivity contribution in [3.8, 4) is 0 Å². The Kier molecular flexibility index (Phi) is 12.1. The molecule has 2 amide bonds. The molecule has 0 aromatic rings. The number of carbonyl (C=O) groups is 2. The van der Waals surface area contributed by atoms with Gasteiger partial charge in [0, 0.05) is 41.0 Å². The monoisotopic (exact) mass is 287 g/mol. The minimum absolute atomic E-state index is 0.00528. The highest BCUT2D eigenvalue weighted by Crippen LogP contribution is 1.98. The standard InChI is InChI=1S/C15H30N2O3/c1-3-4-5-6-11-16-14(18)9-7-10-15(19)17-12-8-13-20-2/h3-13H2,1-2H3,(H,16,18)(H,17,19)/i1D. The lowest BCUT2D eigenvalue weighted by molar-refractivity contribution is -0.122. The van der Waals surface area contributed by atoms with Gasteiger partial charge in [-0.1, -0.05) is 26.2 Å². The van der Waals surface area contributed by atoms with Crippen LogP contribution in [0.4, 0.5) is 0 Å². The maximum absolute atomic E-state index is 11.5. The fraction of sp³-hybridized carbons (Fsp3) is 0.867. The first-order chi connectivity index (χ1) is 10.2. The molecule has 0 saturated heterocycles. The van der Waals surface area contributed by atoms with Crippen LogP contribution in [0, 0.1) is 0 Å². The molecule has 0 atom stereocenters. The number of amides is 2. The zero-order valence-corrected chi connectivity index (χ0v) is 12.7. The lowest BCUT2D eigenvalue weighted by Gasteiger charge is -2.06. The van der Waals surface area contributed by atoms with Gasteiger partial charge in [-0.05, 0) is 19.3 Å². The Balaban J connectivity index is 3.34. The summed E-state index contributed by atoms with van der Waals surface area (Å²) in [6, 6.07) is 0. The number of carbonyl (C=O) groups excluding carboxylic acids is 2. The second kappa shape index (κ2) is 14.3. The van der Waals surface area contributed by atoms with Crippen molar-refractivity contribution >= 4 is 11.8 Å². The van der Waals surface area contributed by atoms with Crippen molar-refractivity contribution in [2.45, 2.75) is 58.3 Å². The maximum Gasteiger partial charge on any atom is 0.220 e. The maximum atomic E-state index is 11.5. The van der Waals surface area contributed by atoms with Gasteiger partial charge in [0.1, 0.15) is 0 Å². The third kappa shape index (κ3) is 13.3. The van der Waals surface area contributed by atoms with Crippen LogP contribution in [0.1, 0.15) is 59.6 Å². The topological polar surface area (TPSA) is 67.4 Å². The number of unbranched alkanes of at least 4 members (excludes halogenated alkanes) is 3. The van der Waals surface area contributed by atoms with Crippen molar-refractivity contribution in [2.75, 3.05) is 26.8 Å². The normalized spacial score (nSPS) is 10.9. The Morgan fingerprint density at radius 1 is 0.950 bits per heavy atom. The van der Waals surface area contributed by atoms with Crippen molar-refractivity contribution in [2.24, 2.45) is 0 Å². The third-order valence-electron chi connectivity index (χ3n) is 2.90. The first-order valence-corrected chi connectivity index (χ1v) is 7.52. The van der Waals surface area contributed by atoms with E-state index in [1.807, 2.05) is 0 Å². The van der Waals surface area contributed by atoms with Crippen LogP contribution in [-0.2, 0) is 14.3 Å². The highest BCUT2D eigenvalue weighted by atomic mass is 16.5. The molecule has 0 heterocycles. The van der Waals surface area contributed by atoms with E-state index >= 15 is 0 Å². The summed E-state index contributed by atoms with van der Waals surface area (Å²) in [4.78, 5) is 23.0. The Hall–Kier alpha value is -1.10. The van der Waals surface area contributed by atoms with Crippen LogP contribution in [0.5, 0.6) is 0 Å². The van der Waals surface area contributed by atoms with Gasteiger partial charge >= 0.3 is 0 Å². The van der Waals surface area contributed by atoms with Crippen LogP contribution in [0.2, 0.25) is 0 Å². The molecule has 0 aliphatic carbocycles. The first-order valence-electron chi connectivity index (χ1n) is 8.23. The van der Waals surface area contributed by atoms with Gasteiger partial charge in [-0.2, -0.15) is 0 Å². The molecule has 0 radical (unpaired) electrons. The Morgan fingerprint density at radius 2 is 1.60 bits per heavy atom. The molecule has 20 heavy (non-hydrogen) atoms. The van der Waals surface area contributed by atoms with E-state index < -0.39 is 0 Å². The average Bonchev–Trinajstić information content (AvgIpc) is 2.47. The predicted molar refractivity (Wildman–Crippen MR) is 80.5 cm³/mol. The third-order valence-corrected chi connectivity index (χ3v) is 2.90. The number of ether oxygens (including phenoxy) is 1. The SMILES string of the molecule is [2H]CCCCCCNC(=O)CCCC(=O)NCCCOC. The quantitative estimate of drug-likeness (QED) is 0.509. The zero-order chi connectivity index (χ0) is 15.8. The highest BCUT2D eigenvalue weighted by Gasteiger charge is 2.04. The molecule has 0 bridgehead atoms. The van der Waals surface area contributed by atoms with Gasteiger partial charge in [0.25, 0.3) is 0 Å². The summed E-state index contributed by atoms with van der Waals surface area (Å²) in [5.74, 6) is 0.0111. The summed E-state index contributed by atoms with van der Waals surface area (Å²) in [5, 5.41) is 5.66. The minimum atomic E-state index is -0.00528. The van der Waals surface area contributed by atoms with E-state index in [1.54, 1.807) is 7.11 Å². The van der Waals surface area contributed by atoms with Crippen LogP contribution in [0.15, 0.2) is 0 Å². The van der Waals surface area contributed by atoms with E-state index in [0.29, 0.717) is 45.9 Å². The molecular formula is C15H30N2O3. The molecule has 0 spiro atoms. The van der Waals surface area contributed by atoms with E-state index in [4.69, 9.17) is 6.11 Å². The van der Waals surface area contributed by atoms with Gasteiger partial charge in [0.15, 0.2) is 0 Å². The smallest absolute Gasteiger partial charge is 0.220 e. The van der Waals surface area contributed by atoms with E-state index in [1.165, 1.54) is 0 Å². The van der Waals surface area contributed by atoms with Crippen LogP contribution < -0.4 is 10.6 Å². The molecule has 0 rings (SSSR count). The molecular weight excluding hydrogens is 256 g/mol. The zero-order valence-electron chi connectivity index (χ0n) is 13.7. The van der Waals surface area contributed by atoms with Crippen LogP contribution in [-0.4, -0.2) is 38.6 Å². The molecule has 0 aliphatic heterocycles. The van der Waals surface area contributed by atoms with Crippen molar-refractivity contribution in [3.05, 3.63) is 0 Å². The molecule has 0 aromatic carbocycles. The van der Waals surface area contributed by atoms with Crippen LogP contribution in [0.25, 0.3) is 0 Å². The molecule has 118 valence electrons. The van der Waals surface area contributed by atoms with Gasteiger partial charge in [0.2, 0.25) is 11.8 Å². The minimum Gasteiger partial charge on any atom is -0.385 e. The molecule has 5 nitrogen and oxygen atoms in total.